The Balaban J connectivity index is 1.59. The number of benzene rings is 2. The van der Waals surface area contributed by atoms with Crippen molar-refractivity contribution in [1.82, 2.24) is 9.80 Å². The molecule has 0 aromatic heterocycles. The van der Waals surface area contributed by atoms with Crippen LogP contribution in [0.15, 0.2) is 79.9 Å². The standard InChI is InChI=1S/C36H44BrN3O6/c1-6-18-38(23(4)5)35(44)32-36-21-28(37)31(46-36)29(33(42)39(19-7-2)25-14-16-27(17-15-25)45-8-3)30(36)34(43)40(32)26(22-41)20-24-12-10-9-11-13-24/h6-7,9-17,23,26,28-32,41H,1-2,8,18-22H2,3-5H3/t26-,28?,29-,30+,31-,32?,36?/m1/s1. The molecular formula is C36H44BrN3O6. The van der Waals surface area contributed by atoms with Crippen molar-refractivity contribution in [3.05, 3.63) is 85.5 Å². The molecule has 3 aliphatic rings. The van der Waals surface area contributed by atoms with Crippen LogP contribution in [0.25, 0.3) is 0 Å². The number of aliphatic hydroxyl groups excluding tert-OH is 1. The summed E-state index contributed by atoms with van der Waals surface area (Å²) in [4.78, 5) is 48.7. The molecule has 1 spiro atoms. The lowest BCUT2D eigenvalue weighted by molar-refractivity contribution is -0.152. The van der Waals surface area contributed by atoms with Gasteiger partial charge >= 0.3 is 0 Å². The first-order valence-electron chi connectivity index (χ1n) is 16.0. The third-order valence-corrected chi connectivity index (χ3v) is 10.3. The highest BCUT2D eigenvalue weighted by molar-refractivity contribution is 9.09. The van der Waals surface area contributed by atoms with E-state index in [-0.39, 0.29) is 48.3 Å². The van der Waals surface area contributed by atoms with E-state index in [0.29, 0.717) is 30.9 Å². The number of amides is 3. The van der Waals surface area contributed by atoms with Gasteiger partial charge in [0.25, 0.3) is 0 Å². The Morgan fingerprint density at radius 2 is 1.78 bits per heavy atom. The van der Waals surface area contributed by atoms with Gasteiger partial charge in [0.1, 0.15) is 17.4 Å². The van der Waals surface area contributed by atoms with Crippen LogP contribution in [0.2, 0.25) is 0 Å². The molecule has 0 radical (unpaired) electrons. The molecule has 10 heteroatoms. The van der Waals surface area contributed by atoms with E-state index >= 15 is 0 Å². The van der Waals surface area contributed by atoms with Gasteiger partial charge in [-0.3, -0.25) is 14.4 Å². The summed E-state index contributed by atoms with van der Waals surface area (Å²) < 4.78 is 12.4. The zero-order valence-corrected chi connectivity index (χ0v) is 28.3. The van der Waals surface area contributed by atoms with Gasteiger partial charge in [0.2, 0.25) is 17.7 Å². The average molecular weight is 695 g/mol. The third kappa shape index (κ3) is 5.91. The summed E-state index contributed by atoms with van der Waals surface area (Å²) in [5.41, 5.74) is 0.302. The monoisotopic (exact) mass is 693 g/mol. The van der Waals surface area contributed by atoms with E-state index in [0.717, 1.165) is 5.56 Å². The highest BCUT2D eigenvalue weighted by Crippen LogP contribution is 2.61. The molecule has 2 bridgehead atoms. The number of halogens is 1. The van der Waals surface area contributed by atoms with E-state index in [2.05, 4.69) is 29.1 Å². The number of hydrogen-bond donors (Lipinski definition) is 1. The number of nitrogens with zero attached hydrogens (tertiary/aromatic N) is 3. The molecule has 2 aromatic rings. The predicted molar refractivity (Wildman–Crippen MR) is 181 cm³/mol. The fraction of sp³-hybridized carbons (Fsp3) is 0.472. The summed E-state index contributed by atoms with van der Waals surface area (Å²) in [5.74, 6) is -1.99. The Kier molecular flexibility index (Phi) is 10.4. The van der Waals surface area contributed by atoms with Gasteiger partial charge in [0, 0.05) is 29.6 Å². The van der Waals surface area contributed by atoms with Crippen LogP contribution >= 0.6 is 15.9 Å². The van der Waals surface area contributed by atoms with E-state index in [1.54, 1.807) is 34.1 Å². The van der Waals surface area contributed by atoms with E-state index in [4.69, 9.17) is 9.47 Å². The van der Waals surface area contributed by atoms with Gasteiger partial charge in [-0.1, -0.05) is 58.4 Å². The molecule has 3 amide bonds. The summed E-state index contributed by atoms with van der Waals surface area (Å²) in [5, 5.41) is 10.8. The van der Waals surface area contributed by atoms with Crippen LogP contribution in [0.5, 0.6) is 5.75 Å². The van der Waals surface area contributed by atoms with E-state index < -0.39 is 35.6 Å². The Bertz CT molecular complexity index is 1430. The smallest absolute Gasteiger partial charge is 0.248 e. The van der Waals surface area contributed by atoms with Crippen molar-refractivity contribution in [2.75, 3.05) is 31.2 Å². The van der Waals surface area contributed by atoms with Crippen LogP contribution in [0.4, 0.5) is 5.69 Å². The van der Waals surface area contributed by atoms with Gasteiger partial charge in [-0.2, -0.15) is 0 Å². The van der Waals surface area contributed by atoms with Crippen LogP contribution in [0.1, 0.15) is 32.8 Å². The van der Waals surface area contributed by atoms with Crippen molar-refractivity contribution in [2.24, 2.45) is 11.8 Å². The largest absolute Gasteiger partial charge is 0.494 e. The average Bonchev–Trinajstić information content (AvgIpc) is 3.65. The lowest BCUT2D eigenvalue weighted by Gasteiger charge is -2.40. The number of alkyl halides is 1. The Hall–Kier alpha value is -3.47. The second-order valence-corrected chi connectivity index (χ2v) is 13.6. The minimum atomic E-state index is -1.26. The molecule has 7 atom stereocenters. The molecule has 0 saturated carbocycles. The van der Waals surface area contributed by atoms with Crippen LogP contribution in [0, 0.1) is 11.8 Å². The second-order valence-electron chi connectivity index (χ2n) is 12.5. The normalized spacial score (nSPS) is 27.0. The highest BCUT2D eigenvalue weighted by Gasteiger charge is 2.77. The number of aliphatic hydroxyl groups is 1. The fourth-order valence-electron chi connectivity index (χ4n) is 7.53. The van der Waals surface area contributed by atoms with Gasteiger partial charge < -0.3 is 29.3 Å². The molecule has 9 nitrogen and oxygen atoms in total. The summed E-state index contributed by atoms with van der Waals surface area (Å²) in [6.07, 6.45) is 3.41. The van der Waals surface area contributed by atoms with Crippen molar-refractivity contribution >= 4 is 39.3 Å². The van der Waals surface area contributed by atoms with E-state index in [9.17, 15) is 19.5 Å². The number of fused-ring (bicyclic) bond motifs is 1. The molecule has 1 N–H and O–H groups in total. The molecule has 5 rings (SSSR count). The topological polar surface area (TPSA) is 99.6 Å². The first-order valence-corrected chi connectivity index (χ1v) is 16.9. The first kappa shape index (κ1) is 33.9. The molecule has 46 heavy (non-hydrogen) atoms. The summed E-state index contributed by atoms with van der Waals surface area (Å²) >= 11 is 3.77. The van der Waals surface area contributed by atoms with Gasteiger partial charge in [-0.05, 0) is 63.4 Å². The quantitative estimate of drug-likeness (QED) is 0.233. The maximum Gasteiger partial charge on any atom is 0.248 e. The maximum absolute atomic E-state index is 14.8. The fourth-order valence-corrected chi connectivity index (χ4v) is 8.47. The number of anilines is 1. The van der Waals surface area contributed by atoms with Crippen molar-refractivity contribution in [3.8, 4) is 5.75 Å². The highest BCUT2D eigenvalue weighted by atomic mass is 79.9. The number of hydrogen-bond acceptors (Lipinski definition) is 6. The molecule has 3 saturated heterocycles. The molecule has 2 aromatic carbocycles. The zero-order valence-electron chi connectivity index (χ0n) is 26.8. The molecule has 3 aliphatic heterocycles. The van der Waals surface area contributed by atoms with Crippen molar-refractivity contribution in [3.63, 3.8) is 0 Å². The second kappa shape index (κ2) is 14.1. The van der Waals surface area contributed by atoms with Crippen LogP contribution in [-0.4, -0.2) is 93.6 Å². The molecule has 3 fully saturated rings. The Morgan fingerprint density at radius 1 is 1.11 bits per heavy atom. The van der Waals surface area contributed by atoms with Crippen LogP contribution in [-0.2, 0) is 25.5 Å². The van der Waals surface area contributed by atoms with Gasteiger partial charge in [0.15, 0.2) is 0 Å². The van der Waals surface area contributed by atoms with Crippen LogP contribution in [0.3, 0.4) is 0 Å². The summed E-state index contributed by atoms with van der Waals surface area (Å²) in [6, 6.07) is 14.9. The summed E-state index contributed by atoms with van der Waals surface area (Å²) in [7, 11) is 0. The minimum absolute atomic E-state index is 0.182. The van der Waals surface area contributed by atoms with Gasteiger partial charge in [0.05, 0.1) is 37.2 Å². The Morgan fingerprint density at radius 3 is 2.37 bits per heavy atom. The van der Waals surface area contributed by atoms with Crippen molar-refractivity contribution in [1.29, 1.82) is 0 Å². The first-order chi connectivity index (χ1) is 22.1. The number of carbonyl (C=O) groups excluding carboxylic acids is 3. The van der Waals surface area contributed by atoms with Gasteiger partial charge in [-0.15, -0.1) is 13.2 Å². The predicted octanol–water partition coefficient (Wildman–Crippen LogP) is 4.38. The van der Waals surface area contributed by atoms with E-state index in [1.807, 2.05) is 63.2 Å². The third-order valence-electron chi connectivity index (χ3n) is 9.43. The summed E-state index contributed by atoms with van der Waals surface area (Å²) in [6.45, 7) is 14.1. The number of carbonyl (C=O) groups is 3. The molecule has 3 unspecified atom stereocenters. The lowest BCUT2D eigenvalue weighted by atomic mass is 9.70. The van der Waals surface area contributed by atoms with Crippen LogP contribution < -0.4 is 9.64 Å². The van der Waals surface area contributed by atoms with Crippen molar-refractivity contribution in [2.45, 2.75) is 68.3 Å². The molecule has 0 aliphatic carbocycles. The van der Waals surface area contributed by atoms with Gasteiger partial charge in [-0.25, -0.2) is 0 Å². The van der Waals surface area contributed by atoms with E-state index in [1.165, 1.54) is 4.90 Å². The molecule has 3 heterocycles. The number of ether oxygens (including phenoxy) is 2. The van der Waals surface area contributed by atoms with Crippen molar-refractivity contribution < 1.29 is 29.0 Å². The zero-order chi connectivity index (χ0) is 33.2. The number of likely N-dealkylation sites (tertiary alicyclic amines) is 1. The Labute approximate surface area is 280 Å². The SMILES string of the molecule is C=CCN(C(=O)[C@H]1[C@@H]2OC3(CC2Br)C(C(=O)N(CC=C)C(C)C)N([C@@H](CO)Cc2ccccc2)C(=O)[C@H]13)c1ccc(OCC)cc1. The minimum Gasteiger partial charge on any atom is -0.494 e. The molecular weight excluding hydrogens is 650 g/mol. The maximum atomic E-state index is 14.8. The lowest BCUT2D eigenvalue weighted by Crippen LogP contribution is -2.60. The molecule has 246 valence electrons. The number of rotatable bonds is 14.